The molecule has 2 rings (SSSR count). The Morgan fingerprint density at radius 1 is 1.05 bits per heavy atom. The molecule has 0 aliphatic heterocycles. The number of carbonyl (C=O) groups is 1. The van der Waals surface area contributed by atoms with Gasteiger partial charge in [0.15, 0.2) is 0 Å². The van der Waals surface area contributed by atoms with Crippen LogP contribution >= 0.6 is 0 Å². The number of carbonyl (C=O) groups excluding carboxylic acids is 1. The van der Waals surface area contributed by atoms with Gasteiger partial charge in [-0.1, -0.05) is 43.3 Å². The summed E-state index contributed by atoms with van der Waals surface area (Å²) in [6.07, 6.45) is 0.927. The second-order valence-corrected chi connectivity index (χ2v) is 5.09. The Labute approximate surface area is 120 Å². The highest BCUT2D eigenvalue weighted by Gasteiger charge is 2.10. The molecule has 0 N–H and O–H groups in total. The zero-order valence-electron chi connectivity index (χ0n) is 12.2. The number of hydrogen-bond acceptors (Lipinski definition) is 2. The quantitative estimate of drug-likeness (QED) is 0.764. The van der Waals surface area contributed by atoms with Gasteiger partial charge in [-0.2, -0.15) is 0 Å². The summed E-state index contributed by atoms with van der Waals surface area (Å²) < 4.78 is 5.22. The molecule has 0 spiro atoms. The van der Waals surface area contributed by atoms with Gasteiger partial charge in [-0.3, -0.25) is 0 Å². The molecule has 2 nitrogen and oxygen atoms in total. The van der Waals surface area contributed by atoms with Crippen LogP contribution in [0, 0.1) is 0 Å². The van der Waals surface area contributed by atoms with E-state index in [1.807, 2.05) is 32.0 Å². The monoisotopic (exact) mass is 268 g/mol. The molecule has 0 radical (unpaired) electrons. The third-order valence-electron chi connectivity index (χ3n) is 3.14. The van der Waals surface area contributed by atoms with E-state index in [4.69, 9.17) is 4.74 Å². The first kappa shape index (κ1) is 14.3. The molecular formula is C18H20O2. The fourth-order valence-electron chi connectivity index (χ4n) is 2.04. The first-order valence-corrected chi connectivity index (χ1v) is 7.00. The number of benzene rings is 2. The average molecular weight is 268 g/mol. The number of aryl methyl sites for hydroxylation is 1. The molecule has 0 unspecified atom stereocenters. The summed E-state index contributed by atoms with van der Waals surface area (Å²) in [6, 6.07) is 16.0. The van der Waals surface area contributed by atoms with Crippen LogP contribution in [-0.4, -0.2) is 12.1 Å². The van der Waals surface area contributed by atoms with E-state index in [0.29, 0.717) is 5.56 Å². The zero-order chi connectivity index (χ0) is 14.5. The van der Waals surface area contributed by atoms with Crippen LogP contribution in [-0.2, 0) is 11.2 Å². The summed E-state index contributed by atoms with van der Waals surface area (Å²) in [4.78, 5) is 11.9. The van der Waals surface area contributed by atoms with Crippen LogP contribution in [0.2, 0.25) is 0 Å². The lowest BCUT2D eigenvalue weighted by Crippen LogP contribution is -2.11. The van der Waals surface area contributed by atoms with Gasteiger partial charge < -0.3 is 4.74 Å². The van der Waals surface area contributed by atoms with Crippen LogP contribution in [0.15, 0.2) is 48.5 Å². The minimum atomic E-state index is -0.271. The van der Waals surface area contributed by atoms with Crippen LogP contribution < -0.4 is 0 Å². The van der Waals surface area contributed by atoms with Crippen molar-refractivity contribution in [2.24, 2.45) is 0 Å². The van der Waals surface area contributed by atoms with Crippen LogP contribution in [0.1, 0.15) is 36.7 Å². The normalized spacial score (nSPS) is 10.6. The highest BCUT2D eigenvalue weighted by Crippen LogP contribution is 2.21. The minimum absolute atomic E-state index is 0.102. The van der Waals surface area contributed by atoms with E-state index in [0.717, 1.165) is 17.5 Å². The van der Waals surface area contributed by atoms with Gasteiger partial charge in [-0.25, -0.2) is 4.79 Å². The second kappa shape index (κ2) is 6.38. The van der Waals surface area contributed by atoms with Crippen molar-refractivity contribution < 1.29 is 9.53 Å². The first-order chi connectivity index (χ1) is 9.60. The van der Waals surface area contributed by atoms with Crippen molar-refractivity contribution in [1.29, 1.82) is 0 Å². The Morgan fingerprint density at radius 3 is 2.35 bits per heavy atom. The molecule has 0 saturated heterocycles. The molecule has 0 amide bonds. The van der Waals surface area contributed by atoms with E-state index in [9.17, 15) is 4.79 Å². The topological polar surface area (TPSA) is 26.3 Å². The molecule has 0 saturated carbocycles. The molecule has 2 aromatic carbocycles. The maximum Gasteiger partial charge on any atom is 0.338 e. The van der Waals surface area contributed by atoms with Crippen LogP contribution in [0.4, 0.5) is 0 Å². The molecule has 104 valence electrons. The highest BCUT2D eigenvalue weighted by atomic mass is 16.5. The molecule has 0 aliphatic carbocycles. The molecule has 20 heavy (non-hydrogen) atoms. The largest absolute Gasteiger partial charge is 0.459 e. The molecule has 0 aliphatic rings. The summed E-state index contributed by atoms with van der Waals surface area (Å²) in [5.41, 5.74) is 4.05. The van der Waals surface area contributed by atoms with Gasteiger partial charge in [-0.05, 0) is 49.1 Å². The van der Waals surface area contributed by atoms with Crippen LogP contribution in [0.25, 0.3) is 11.1 Å². The molecular weight excluding hydrogens is 248 g/mol. The summed E-state index contributed by atoms with van der Waals surface area (Å²) in [5.74, 6) is -0.271. The smallest absolute Gasteiger partial charge is 0.338 e. The third kappa shape index (κ3) is 3.47. The molecule has 0 heterocycles. The molecule has 2 heteroatoms. The van der Waals surface area contributed by atoms with E-state index < -0.39 is 0 Å². The predicted molar refractivity (Wildman–Crippen MR) is 81.8 cm³/mol. The van der Waals surface area contributed by atoms with Crippen LogP contribution in [0.5, 0.6) is 0 Å². The fourth-order valence-corrected chi connectivity index (χ4v) is 2.04. The van der Waals surface area contributed by atoms with E-state index >= 15 is 0 Å². The van der Waals surface area contributed by atoms with E-state index in [-0.39, 0.29) is 12.1 Å². The summed E-state index contributed by atoms with van der Waals surface area (Å²) in [6.45, 7) is 5.84. The van der Waals surface area contributed by atoms with Crippen molar-refractivity contribution in [3.8, 4) is 11.1 Å². The fraction of sp³-hybridized carbons (Fsp3) is 0.278. The van der Waals surface area contributed by atoms with Gasteiger partial charge >= 0.3 is 5.97 Å². The molecule has 0 fully saturated rings. The summed E-state index contributed by atoms with van der Waals surface area (Å²) in [5, 5.41) is 0. The van der Waals surface area contributed by atoms with Crippen molar-refractivity contribution in [2.75, 3.05) is 0 Å². The van der Waals surface area contributed by atoms with Gasteiger partial charge in [0.25, 0.3) is 0 Å². The van der Waals surface area contributed by atoms with Gasteiger partial charge in [0.2, 0.25) is 0 Å². The Balaban J connectivity index is 2.26. The second-order valence-electron chi connectivity index (χ2n) is 5.09. The van der Waals surface area contributed by atoms with Crippen molar-refractivity contribution >= 4 is 5.97 Å². The SMILES string of the molecule is CCc1ccc(-c2cccc(C(=O)OC(C)C)c2)cc1. The van der Waals surface area contributed by atoms with Crippen molar-refractivity contribution in [3.63, 3.8) is 0 Å². The molecule has 0 atom stereocenters. The lowest BCUT2D eigenvalue weighted by atomic mass is 10.0. The number of ether oxygens (including phenoxy) is 1. The van der Waals surface area contributed by atoms with E-state index in [1.54, 1.807) is 6.07 Å². The highest BCUT2D eigenvalue weighted by molar-refractivity contribution is 5.91. The minimum Gasteiger partial charge on any atom is -0.459 e. The number of hydrogen-bond donors (Lipinski definition) is 0. The standard InChI is InChI=1S/C18H20O2/c1-4-14-8-10-15(11-9-14)16-6-5-7-17(12-16)18(19)20-13(2)3/h5-13H,4H2,1-3H3. The summed E-state index contributed by atoms with van der Waals surface area (Å²) in [7, 11) is 0. The predicted octanol–water partition coefficient (Wildman–Crippen LogP) is 4.48. The zero-order valence-corrected chi connectivity index (χ0v) is 12.2. The molecule has 0 aromatic heterocycles. The maximum atomic E-state index is 11.9. The summed E-state index contributed by atoms with van der Waals surface area (Å²) >= 11 is 0. The Bertz CT molecular complexity index is 583. The van der Waals surface area contributed by atoms with Gasteiger partial charge in [0.1, 0.15) is 0 Å². The lowest BCUT2D eigenvalue weighted by Gasteiger charge is -2.09. The van der Waals surface area contributed by atoms with Crippen LogP contribution in [0.3, 0.4) is 0 Å². The van der Waals surface area contributed by atoms with Gasteiger partial charge in [0.05, 0.1) is 11.7 Å². The van der Waals surface area contributed by atoms with Crippen molar-refractivity contribution in [2.45, 2.75) is 33.3 Å². The number of rotatable bonds is 4. The Morgan fingerprint density at radius 2 is 1.75 bits per heavy atom. The maximum absolute atomic E-state index is 11.9. The Kier molecular flexibility index (Phi) is 4.57. The van der Waals surface area contributed by atoms with Gasteiger partial charge in [-0.15, -0.1) is 0 Å². The first-order valence-electron chi connectivity index (χ1n) is 7.00. The molecule has 2 aromatic rings. The third-order valence-corrected chi connectivity index (χ3v) is 3.14. The van der Waals surface area contributed by atoms with Gasteiger partial charge in [0, 0.05) is 0 Å². The number of esters is 1. The van der Waals surface area contributed by atoms with E-state index in [2.05, 4.69) is 31.2 Å². The Hall–Kier alpha value is -2.09. The van der Waals surface area contributed by atoms with E-state index in [1.165, 1.54) is 5.56 Å². The lowest BCUT2D eigenvalue weighted by molar-refractivity contribution is 0.0378. The molecule has 0 bridgehead atoms. The average Bonchev–Trinajstić information content (AvgIpc) is 2.47. The van der Waals surface area contributed by atoms with Crippen molar-refractivity contribution in [3.05, 3.63) is 59.7 Å². The van der Waals surface area contributed by atoms with Crippen molar-refractivity contribution in [1.82, 2.24) is 0 Å².